The van der Waals surface area contributed by atoms with Crippen LogP contribution in [0, 0.1) is 17.8 Å². The molecule has 0 aliphatic carbocycles. The second-order valence-corrected chi connectivity index (χ2v) is 32.1. The van der Waals surface area contributed by atoms with Gasteiger partial charge in [0.05, 0.1) is 26.4 Å². The fourth-order valence-electron chi connectivity index (χ4n) is 12.0. The van der Waals surface area contributed by atoms with E-state index in [1.54, 1.807) is 0 Å². The topological polar surface area (TPSA) is 237 Å². The lowest BCUT2D eigenvalue weighted by molar-refractivity contribution is -0.161. The highest BCUT2D eigenvalue weighted by Gasteiger charge is 2.30. The van der Waals surface area contributed by atoms with Crippen molar-refractivity contribution >= 4 is 39.5 Å². The van der Waals surface area contributed by atoms with Gasteiger partial charge in [-0.2, -0.15) is 0 Å². The Morgan fingerprint density at radius 1 is 0.286 bits per heavy atom. The molecule has 0 rings (SSSR count). The highest BCUT2D eigenvalue weighted by molar-refractivity contribution is 7.47. The smallest absolute Gasteiger partial charge is 0.462 e. The van der Waals surface area contributed by atoms with E-state index >= 15 is 0 Å². The maximum Gasteiger partial charge on any atom is 0.472 e. The lowest BCUT2D eigenvalue weighted by atomic mass is 9.99. The van der Waals surface area contributed by atoms with Crippen LogP contribution in [-0.4, -0.2) is 96.7 Å². The standard InChI is InChI=1S/C79H154O17P2/c1-8-12-13-14-15-16-17-18-19-20-21-22-23-24-25-26-31-41-48-55-62-78(83)95-74(66-89-76(81)60-53-46-39-30-28-27-29-36-43-50-57-70(5)9-2)68-93-97(85,86)91-64-73(80)65-92-98(87,88)94-69-75(96-79(84)63-56-49-42-35-33-38-45-52-59-72(7)11-4)67-90-77(82)61-54-47-40-34-32-37-44-51-58-71(6)10-3/h70-75,80H,8-69H2,1-7H3,(H,85,86)(H,87,88)/t70?,71?,72?,73-,74-,75-/m1/s1. The van der Waals surface area contributed by atoms with Crippen LogP contribution >= 0.6 is 15.6 Å². The fraction of sp³-hybridized carbons (Fsp3) is 0.949. The second-order valence-electron chi connectivity index (χ2n) is 29.2. The number of aliphatic hydroxyl groups is 1. The Kier molecular flexibility index (Phi) is 68.1. The average molecular weight is 1440 g/mol. The first-order valence-corrected chi connectivity index (χ1v) is 44.0. The van der Waals surface area contributed by atoms with E-state index < -0.39 is 97.5 Å². The van der Waals surface area contributed by atoms with Crippen LogP contribution in [0.2, 0.25) is 0 Å². The van der Waals surface area contributed by atoms with Crippen LogP contribution < -0.4 is 0 Å². The number of esters is 4. The summed E-state index contributed by atoms with van der Waals surface area (Å²) in [6.07, 6.45) is 56.8. The van der Waals surface area contributed by atoms with E-state index in [9.17, 15) is 43.2 Å². The third-order valence-corrected chi connectivity index (χ3v) is 21.4. The Balaban J connectivity index is 5.25. The lowest BCUT2D eigenvalue weighted by Crippen LogP contribution is -2.30. The van der Waals surface area contributed by atoms with E-state index in [1.807, 2.05) is 0 Å². The highest BCUT2D eigenvalue weighted by atomic mass is 31.2. The predicted octanol–water partition coefficient (Wildman–Crippen LogP) is 23.4. The number of phosphoric acid groups is 2. The number of unbranched alkanes of at least 4 members (excludes halogenated alkanes) is 42. The monoisotopic (exact) mass is 1440 g/mol. The first kappa shape index (κ1) is 96.1. The minimum absolute atomic E-state index is 0.104. The molecule has 98 heavy (non-hydrogen) atoms. The van der Waals surface area contributed by atoms with Gasteiger partial charge in [0.1, 0.15) is 19.3 Å². The number of hydrogen-bond acceptors (Lipinski definition) is 15. The molecule has 0 radical (unpaired) electrons. The number of aliphatic hydroxyl groups excluding tert-OH is 1. The zero-order valence-corrected chi connectivity index (χ0v) is 66.0. The minimum Gasteiger partial charge on any atom is -0.462 e. The van der Waals surface area contributed by atoms with Gasteiger partial charge in [-0.1, -0.05) is 357 Å². The molecule has 0 heterocycles. The van der Waals surface area contributed by atoms with Gasteiger partial charge in [-0.05, 0) is 43.4 Å². The van der Waals surface area contributed by atoms with Crippen molar-refractivity contribution in [3.05, 3.63) is 0 Å². The molecule has 0 aromatic heterocycles. The van der Waals surface area contributed by atoms with E-state index in [0.29, 0.717) is 25.7 Å². The maximum atomic E-state index is 13.1. The van der Waals surface area contributed by atoms with Crippen LogP contribution in [-0.2, 0) is 65.4 Å². The van der Waals surface area contributed by atoms with Gasteiger partial charge in [0.25, 0.3) is 0 Å². The number of phosphoric ester groups is 2. The summed E-state index contributed by atoms with van der Waals surface area (Å²) in [7, 11) is -9.92. The molecule has 17 nitrogen and oxygen atoms in total. The number of carbonyl (C=O) groups excluding carboxylic acids is 4. The maximum absolute atomic E-state index is 13.1. The fourth-order valence-corrected chi connectivity index (χ4v) is 13.6. The van der Waals surface area contributed by atoms with Crippen molar-refractivity contribution in [1.82, 2.24) is 0 Å². The molecule has 0 aromatic rings. The van der Waals surface area contributed by atoms with Crippen LogP contribution in [0.5, 0.6) is 0 Å². The first-order valence-electron chi connectivity index (χ1n) is 41.0. The van der Waals surface area contributed by atoms with Crippen molar-refractivity contribution in [3.8, 4) is 0 Å². The molecule has 0 saturated heterocycles. The van der Waals surface area contributed by atoms with E-state index in [-0.39, 0.29) is 25.7 Å². The molecule has 0 aromatic carbocycles. The Labute approximate surface area is 600 Å². The van der Waals surface area contributed by atoms with Crippen molar-refractivity contribution < 1.29 is 80.2 Å². The van der Waals surface area contributed by atoms with Crippen molar-refractivity contribution in [1.29, 1.82) is 0 Å². The third-order valence-electron chi connectivity index (χ3n) is 19.5. The van der Waals surface area contributed by atoms with Crippen LogP contribution in [0.1, 0.15) is 408 Å². The Bertz CT molecular complexity index is 1910. The van der Waals surface area contributed by atoms with E-state index in [1.165, 1.54) is 218 Å². The van der Waals surface area contributed by atoms with Crippen molar-refractivity contribution in [2.24, 2.45) is 17.8 Å². The van der Waals surface area contributed by atoms with Crippen LogP contribution in [0.4, 0.5) is 0 Å². The van der Waals surface area contributed by atoms with Crippen LogP contribution in [0.25, 0.3) is 0 Å². The van der Waals surface area contributed by atoms with E-state index in [0.717, 1.165) is 108 Å². The normalized spacial score (nSPS) is 14.8. The SMILES string of the molecule is CCCCCCCCCCCCCCCCCCCCCCC(=O)O[C@H](COC(=O)CCCCCCCCCCCCC(C)CC)COP(=O)(O)OC[C@@H](O)COP(=O)(O)OC[C@@H](COC(=O)CCCCCCCCCCC(C)CC)OC(=O)CCCCCCCCCCC(C)CC. The number of hydrogen-bond donors (Lipinski definition) is 3. The van der Waals surface area contributed by atoms with Gasteiger partial charge in [-0.3, -0.25) is 37.3 Å². The van der Waals surface area contributed by atoms with Crippen molar-refractivity contribution in [3.63, 3.8) is 0 Å². The van der Waals surface area contributed by atoms with Gasteiger partial charge in [0.15, 0.2) is 12.2 Å². The molecular formula is C79H154O17P2. The first-order chi connectivity index (χ1) is 47.3. The van der Waals surface area contributed by atoms with Gasteiger partial charge in [-0.25, -0.2) is 9.13 Å². The molecule has 8 atom stereocenters. The molecule has 0 bridgehead atoms. The molecule has 0 amide bonds. The van der Waals surface area contributed by atoms with Gasteiger partial charge in [0.2, 0.25) is 0 Å². The summed E-state index contributed by atoms with van der Waals surface area (Å²) in [5.74, 6) is 0.240. The van der Waals surface area contributed by atoms with E-state index in [4.69, 9.17) is 37.0 Å². The van der Waals surface area contributed by atoms with Gasteiger partial charge >= 0.3 is 39.5 Å². The van der Waals surface area contributed by atoms with Gasteiger partial charge in [0, 0.05) is 25.7 Å². The summed E-state index contributed by atoms with van der Waals surface area (Å²) < 4.78 is 68.7. The largest absolute Gasteiger partial charge is 0.472 e. The Morgan fingerprint density at radius 2 is 0.490 bits per heavy atom. The summed E-state index contributed by atoms with van der Waals surface area (Å²) in [5, 5.41) is 10.6. The molecule has 0 fully saturated rings. The highest BCUT2D eigenvalue weighted by Crippen LogP contribution is 2.45. The molecular weight excluding hydrogens is 1280 g/mol. The zero-order valence-electron chi connectivity index (χ0n) is 64.3. The van der Waals surface area contributed by atoms with Crippen molar-refractivity contribution in [2.75, 3.05) is 39.6 Å². The summed E-state index contributed by atoms with van der Waals surface area (Å²) in [6.45, 7) is 11.9. The summed E-state index contributed by atoms with van der Waals surface area (Å²) >= 11 is 0. The molecule has 582 valence electrons. The molecule has 3 N–H and O–H groups in total. The Morgan fingerprint density at radius 3 is 0.724 bits per heavy atom. The third kappa shape index (κ3) is 68.5. The quantitative estimate of drug-likeness (QED) is 0.0222. The molecule has 0 spiro atoms. The lowest BCUT2D eigenvalue weighted by Gasteiger charge is -2.21. The number of carbonyl (C=O) groups is 4. The van der Waals surface area contributed by atoms with E-state index in [2.05, 4.69) is 48.5 Å². The molecule has 19 heteroatoms. The summed E-state index contributed by atoms with van der Waals surface area (Å²) in [5.41, 5.74) is 0. The van der Waals surface area contributed by atoms with Gasteiger partial charge in [-0.15, -0.1) is 0 Å². The number of rotatable bonds is 77. The second kappa shape index (κ2) is 69.4. The molecule has 5 unspecified atom stereocenters. The molecule has 0 aliphatic heterocycles. The molecule has 0 aliphatic rings. The summed E-state index contributed by atoms with van der Waals surface area (Å²) in [4.78, 5) is 73.0. The zero-order chi connectivity index (χ0) is 72.3. The van der Waals surface area contributed by atoms with Gasteiger partial charge < -0.3 is 33.8 Å². The Hall–Kier alpha value is -1.94. The average Bonchev–Trinajstić information content (AvgIpc) is 0.937. The van der Waals surface area contributed by atoms with Crippen molar-refractivity contribution in [2.45, 2.75) is 426 Å². The van der Waals surface area contributed by atoms with Crippen LogP contribution in [0.3, 0.4) is 0 Å². The molecule has 0 saturated carbocycles. The number of ether oxygens (including phenoxy) is 4. The minimum atomic E-state index is -4.96. The van der Waals surface area contributed by atoms with Crippen LogP contribution in [0.15, 0.2) is 0 Å². The summed E-state index contributed by atoms with van der Waals surface area (Å²) in [6, 6.07) is 0. The predicted molar refractivity (Wildman–Crippen MR) is 400 cm³/mol.